The molecule has 0 aliphatic carbocycles. The van der Waals surface area contributed by atoms with Gasteiger partial charge < -0.3 is 19.9 Å². The Bertz CT molecular complexity index is 1340. The van der Waals surface area contributed by atoms with Crippen LogP contribution in [0.4, 0.5) is 16.2 Å². The predicted molar refractivity (Wildman–Crippen MR) is 151 cm³/mol. The maximum Gasteiger partial charge on any atom is 0.410 e. The van der Waals surface area contributed by atoms with Crippen molar-refractivity contribution in [3.05, 3.63) is 58.1 Å². The third-order valence-electron chi connectivity index (χ3n) is 7.27. The van der Waals surface area contributed by atoms with Crippen molar-refractivity contribution in [2.75, 3.05) is 30.0 Å². The molecule has 2 fully saturated rings. The second-order valence-electron chi connectivity index (χ2n) is 10.3. The van der Waals surface area contributed by atoms with Gasteiger partial charge in [0.1, 0.15) is 6.61 Å². The van der Waals surface area contributed by atoms with Crippen molar-refractivity contribution in [1.82, 2.24) is 9.80 Å². The van der Waals surface area contributed by atoms with Crippen LogP contribution in [-0.4, -0.2) is 65.0 Å². The highest BCUT2D eigenvalue weighted by molar-refractivity contribution is 6.34. The minimum Gasteiger partial charge on any atom is -0.445 e. The number of nitrogens with one attached hydrogen (secondary N) is 1. The van der Waals surface area contributed by atoms with Crippen molar-refractivity contribution >= 4 is 64.1 Å². The van der Waals surface area contributed by atoms with Crippen molar-refractivity contribution in [2.45, 2.75) is 45.3 Å². The van der Waals surface area contributed by atoms with E-state index in [1.54, 1.807) is 59.2 Å². The molecule has 0 saturated carbocycles. The Labute approximate surface area is 241 Å². The number of likely N-dealkylation sites (tertiary alicyclic amines) is 2. The molecule has 40 heavy (non-hydrogen) atoms. The van der Waals surface area contributed by atoms with Crippen molar-refractivity contribution in [3.8, 4) is 0 Å². The molecule has 1 N–H and O–H groups in total. The third kappa shape index (κ3) is 6.39. The summed E-state index contributed by atoms with van der Waals surface area (Å²) in [5, 5.41) is 9.41. The second-order valence-corrected chi connectivity index (χ2v) is 11.1. The molecule has 5 rings (SSSR count). The fourth-order valence-electron chi connectivity index (χ4n) is 5.24. The first-order valence-electron chi connectivity index (χ1n) is 13.1. The van der Waals surface area contributed by atoms with Gasteiger partial charge in [-0.25, -0.2) is 9.80 Å². The molecule has 12 heteroatoms. The van der Waals surface area contributed by atoms with Gasteiger partial charge in [-0.2, -0.15) is 5.10 Å². The molecule has 3 heterocycles. The maximum absolute atomic E-state index is 12.9. The molecule has 2 aromatic carbocycles. The number of anilines is 2. The summed E-state index contributed by atoms with van der Waals surface area (Å²) in [6.07, 6.45) is 1.23. The third-order valence-corrected chi connectivity index (χ3v) is 7.71. The Balaban J connectivity index is 1.09. The van der Waals surface area contributed by atoms with E-state index in [-0.39, 0.29) is 36.8 Å². The first-order valence-corrected chi connectivity index (χ1v) is 13.9. The van der Waals surface area contributed by atoms with Crippen LogP contribution >= 0.6 is 23.2 Å². The quantitative estimate of drug-likeness (QED) is 0.528. The minimum atomic E-state index is -0.466. The number of halogens is 2. The number of ether oxygens (including phenoxy) is 1. The van der Waals surface area contributed by atoms with E-state index in [0.29, 0.717) is 65.9 Å². The van der Waals surface area contributed by atoms with Gasteiger partial charge in [-0.05, 0) is 67.8 Å². The number of piperidine rings is 1. The molecule has 3 aliphatic rings. The number of nitrogens with zero attached hydrogens (tertiary/aromatic N) is 4. The van der Waals surface area contributed by atoms with E-state index < -0.39 is 12.0 Å². The van der Waals surface area contributed by atoms with E-state index >= 15 is 0 Å². The van der Waals surface area contributed by atoms with Crippen LogP contribution in [0.2, 0.25) is 10.0 Å². The fraction of sp³-hybridized carbons (Fsp3) is 0.393. The fourth-order valence-corrected chi connectivity index (χ4v) is 5.81. The molecular formula is C28H29Cl2N5O5. The largest absolute Gasteiger partial charge is 0.445 e. The van der Waals surface area contributed by atoms with Gasteiger partial charge in [0.2, 0.25) is 11.8 Å². The van der Waals surface area contributed by atoms with Gasteiger partial charge in [-0.3, -0.25) is 14.4 Å². The molecule has 10 nitrogen and oxygen atoms in total. The Kier molecular flexibility index (Phi) is 8.27. The summed E-state index contributed by atoms with van der Waals surface area (Å²) in [4.78, 5) is 53.7. The number of hydrogen-bond donors (Lipinski definition) is 1. The van der Waals surface area contributed by atoms with Gasteiger partial charge in [0.15, 0.2) is 0 Å². The highest BCUT2D eigenvalue weighted by Gasteiger charge is 2.39. The Morgan fingerprint density at radius 3 is 2.33 bits per heavy atom. The highest BCUT2D eigenvalue weighted by atomic mass is 35.5. The van der Waals surface area contributed by atoms with Gasteiger partial charge in [-0.1, -0.05) is 23.2 Å². The topological polar surface area (TPSA) is 112 Å². The van der Waals surface area contributed by atoms with Crippen LogP contribution in [0.3, 0.4) is 0 Å². The summed E-state index contributed by atoms with van der Waals surface area (Å²) in [5.74, 6) is -0.844. The first-order chi connectivity index (χ1) is 19.2. The summed E-state index contributed by atoms with van der Waals surface area (Å²) in [5.41, 5.74) is 2.67. The van der Waals surface area contributed by atoms with E-state index in [1.807, 2.05) is 0 Å². The normalized spacial score (nSPS) is 19.7. The molecule has 2 aromatic rings. The van der Waals surface area contributed by atoms with E-state index in [0.717, 1.165) is 5.71 Å². The lowest BCUT2D eigenvalue weighted by Gasteiger charge is -2.36. The van der Waals surface area contributed by atoms with Crippen LogP contribution in [0.25, 0.3) is 0 Å². The van der Waals surface area contributed by atoms with Crippen molar-refractivity contribution in [2.24, 2.45) is 11.0 Å². The van der Waals surface area contributed by atoms with Gasteiger partial charge in [-0.15, -0.1) is 0 Å². The molecule has 1 unspecified atom stereocenters. The molecule has 1 atom stereocenters. The van der Waals surface area contributed by atoms with Crippen molar-refractivity contribution in [3.63, 3.8) is 0 Å². The van der Waals surface area contributed by atoms with Crippen LogP contribution in [0.15, 0.2) is 47.6 Å². The van der Waals surface area contributed by atoms with E-state index in [2.05, 4.69) is 10.4 Å². The molecule has 0 radical (unpaired) electrons. The Morgan fingerprint density at radius 1 is 1.02 bits per heavy atom. The SMILES string of the molecule is CC1=NN(c2ccc(NC(=O)C3CC(=O)N(C4CCN(C(=O)OCc5cc(Cl)cc(Cl)c5)CC4)C3)cc2)C(=O)C1. The highest BCUT2D eigenvalue weighted by Crippen LogP contribution is 2.28. The predicted octanol–water partition coefficient (Wildman–Crippen LogP) is 4.69. The summed E-state index contributed by atoms with van der Waals surface area (Å²) in [6.45, 7) is 3.11. The number of carbonyl (C=O) groups is 4. The van der Waals surface area contributed by atoms with E-state index in [4.69, 9.17) is 27.9 Å². The maximum atomic E-state index is 12.9. The molecule has 210 valence electrons. The number of amides is 4. The molecule has 3 aliphatic heterocycles. The zero-order chi connectivity index (χ0) is 28.4. The summed E-state index contributed by atoms with van der Waals surface area (Å²) < 4.78 is 5.42. The summed E-state index contributed by atoms with van der Waals surface area (Å²) >= 11 is 12.0. The monoisotopic (exact) mass is 585 g/mol. The van der Waals surface area contributed by atoms with Gasteiger partial charge in [0.25, 0.3) is 5.91 Å². The van der Waals surface area contributed by atoms with Crippen molar-refractivity contribution < 1.29 is 23.9 Å². The summed E-state index contributed by atoms with van der Waals surface area (Å²) in [7, 11) is 0. The Hall–Kier alpha value is -3.63. The van der Waals surface area contributed by atoms with Crippen molar-refractivity contribution in [1.29, 1.82) is 0 Å². The minimum absolute atomic E-state index is 0.0395. The van der Waals surface area contributed by atoms with E-state index in [1.165, 1.54) is 5.01 Å². The molecule has 0 spiro atoms. The lowest BCUT2D eigenvalue weighted by molar-refractivity contribution is -0.130. The van der Waals surface area contributed by atoms with Gasteiger partial charge >= 0.3 is 6.09 Å². The van der Waals surface area contributed by atoms with Crippen LogP contribution in [-0.2, 0) is 25.7 Å². The number of carbonyl (C=O) groups excluding carboxylic acids is 4. The lowest BCUT2D eigenvalue weighted by Crippen LogP contribution is -2.47. The molecule has 2 saturated heterocycles. The molecule has 0 aromatic heterocycles. The van der Waals surface area contributed by atoms with Gasteiger partial charge in [0.05, 0.1) is 18.0 Å². The zero-order valence-corrected chi connectivity index (χ0v) is 23.5. The zero-order valence-electron chi connectivity index (χ0n) is 21.9. The molecule has 4 amide bonds. The van der Waals surface area contributed by atoms with Crippen LogP contribution in [0.5, 0.6) is 0 Å². The number of benzene rings is 2. The molecule has 0 bridgehead atoms. The second kappa shape index (κ2) is 11.9. The van der Waals surface area contributed by atoms with Crippen LogP contribution in [0.1, 0.15) is 38.2 Å². The number of rotatable bonds is 6. The van der Waals surface area contributed by atoms with Crippen LogP contribution in [0, 0.1) is 5.92 Å². The first kappa shape index (κ1) is 27.9. The lowest BCUT2D eigenvalue weighted by atomic mass is 10.0. The number of hydrazone groups is 1. The smallest absolute Gasteiger partial charge is 0.410 e. The summed E-state index contributed by atoms with van der Waals surface area (Å²) in [6, 6.07) is 11.8. The van der Waals surface area contributed by atoms with E-state index in [9.17, 15) is 19.2 Å². The Morgan fingerprint density at radius 2 is 1.70 bits per heavy atom. The average Bonchev–Trinajstić information content (AvgIpc) is 3.48. The standard InChI is InChI=1S/C28H29Cl2N5O5/c1-17-10-26(37)35(32-17)24-4-2-22(3-5-24)31-27(38)19-13-25(36)34(15-19)23-6-8-33(9-7-23)28(39)40-16-18-11-20(29)14-21(30)12-18/h2-5,11-12,14,19,23H,6-10,13,15-16H2,1H3,(H,31,38). The molecular weight excluding hydrogens is 557 g/mol. The van der Waals surface area contributed by atoms with Crippen LogP contribution < -0.4 is 10.3 Å². The average molecular weight is 586 g/mol. The van der Waals surface area contributed by atoms with Gasteiger partial charge in [0, 0.05) is 53.5 Å². The number of hydrogen-bond acceptors (Lipinski definition) is 6.